The first kappa shape index (κ1) is 15.7. The van der Waals surface area contributed by atoms with Crippen LogP contribution in [0.15, 0.2) is 30.3 Å². The molecule has 0 spiro atoms. The molecule has 1 unspecified atom stereocenters. The number of carbonyl (C=O) groups excluding carboxylic acids is 1. The maximum absolute atomic E-state index is 11.6. The van der Waals surface area contributed by atoms with Crippen molar-refractivity contribution >= 4 is 15.7 Å². The van der Waals surface area contributed by atoms with Crippen LogP contribution in [0.2, 0.25) is 0 Å². The Kier molecular flexibility index (Phi) is 5.98. The second kappa shape index (κ2) is 7.25. The van der Waals surface area contributed by atoms with E-state index in [4.69, 9.17) is 0 Å². The van der Waals surface area contributed by atoms with Gasteiger partial charge in [-0.25, -0.2) is 8.42 Å². The molecule has 5 nitrogen and oxygen atoms in total. The van der Waals surface area contributed by atoms with Crippen molar-refractivity contribution in [2.24, 2.45) is 0 Å². The molecule has 1 atom stereocenters. The zero-order chi connectivity index (χ0) is 14.3. The number of hydrogen-bond acceptors (Lipinski definition) is 4. The molecule has 0 bridgehead atoms. The first-order chi connectivity index (χ1) is 8.87. The minimum atomic E-state index is -3.02. The highest BCUT2D eigenvalue weighted by Crippen LogP contribution is 1.96. The third kappa shape index (κ3) is 7.58. The van der Waals surface area contributed by atoms with Crippen LogP contribution in [0.3, 0.4) is 0 Å². The van der Waals surface area contributed by atoms with E-state index in [-0.39, 0.29) is 24.2 Å². The van der Waals surface area contributed by atoms with Gasteiger partial charge in [0.2, 0.25) is 5.91 Å². The van der Waals surface area contributed by atoms with Crippen LogP contribution in [0.25, 0.3) is 0 Å². The van der Waals surface area contributed by atoms with E-state index >= 15 is 0 Å². The van der Waals surface area contributed by atoms with Crippen LogP contribution in [0.4, 0.5) is 0 Å². The predicted molar refractivity (Wildman–Crippen MR) is 75.5 cm³/mol. The second-order valence-corrected chi connectivity index (χ2v) is 6.82. The van der Waals surface area contributed by atoms with Crippen LogP contribution in [0, 0.1) is 0 Å². The number of amides is 1. The maximum atomic E-state index is 11.6. The van der Waals surface area contributed by atoms with E-state index in [1.165, 1.54) is 6.26 Å². The normalized spacial score (nSPS) is 12.9. The van der Waals surface area contributed by atoms with Crippen LogP contribution in [-0.4, -0.2) is 38.9 Å². The quantitative estimate of drug-likeness (QED) is 0.756. The standard InChI is InChI=1S/C13H20N2O3S/c1-11(10-19(2,17)18)14-9-13(16)15-8-12-6-4-3-5-7-12/h3-7,11,14H,8-10H2,1-2H3,(H,15,16). The number of carbonyl (C=O) groups is 1. The fourth-order valence-corrected chi connectivity index (χ4v) is 2.67. The molecule has 1 aromatic rings. The molecule has 0 aromatic heterocycles. The second-order valence-electron chi connectivity index (χ2n) is 4.64. The smallest absolute Gasteiger partial charge is 0.234 e. The summed E-state index contributed by atoms with van der Waals surface area (Å²) in [6.45, 7) is 2.33. The van der Waals surface area contributed by atoms with E-state index in [0.29, 0.717) is 6.54 Å². The summed E-state index contributed by atoms with van der Waals surface area (Å²) in [5, 5.41) is 5.65. The number of benzene rings is 1. The Hall–Kier alpha value is -1.40. The van der Waals surface area contributed by atoms with Crippen molar-refractivity contribution in [3.63, 3.8) is 0 Å². The molecule has 0 radical (unpaired) electrons. The average molecular weight is 284 g/mol. The van der Waals surface area contributed by atoms with E-state index in [2.05, 4.69) is 10.6 Å². The highest BCUT2D eigenvalue weighted by atomic mass is 32.2. The Morgan fingerprint density at radius 1 is 1.26 bits per heavy atom. The Morgan fingerprint density at radius 2 is 1.89 bits per heavy atom. The Balaban J connectivity index is 2.25. The van der Waals surface area contributed by atoms with Gasteiger partial charge in [0.15, 0.2) is 0 Å². The van der Waals surface area contributed by atoms with Crippen molar-refractivity contribution in [3.05, 3.63) is 35.9 Å². The van der Waals surface area contributed by atoms with Gasteiger partial charge in [-0.2, -0.15) is 0 Å². The van der Waals surface area contributed by atoms with Crippen molar-refractivity contribution in [1.82, 2.24) is 10.6 Å². The van der Waals surface area contributed by atoms with Crippen LogP contribution >= 0.6 is 0 Å². The molecule has 1 rings (SSSR count). The molecule has 6 heteroatoms. The molecule has 2 N–H and O–H groups in total. The van der Waals surface area contributed by atoms with Crippen LogP contribution in [0.1, 0.15) is 12.5 Å². The SMILES string of the molecule is CC(CS(C)(=O)=O)NCC(=O)NCc1ccccc1. The molecule has 0 aliphatic carbocycles. The number of hydrogen-bond donors (Lipinski definition) is 2. The monoisotopic (exact) mass is 284 g/mol. The van der Waals surface area contributed by atoms with Gasteiger partial charge in [0, 0.05) is 18.8 Å². The molecule has 19 heavy (non-hydrogen) atoms. The first-order valence-corrected chi connectivity index (χ1v) is 8.14. The third-order valence-electron chi connectivity index (χ3n) is 2.50. The summed E-state index contributed by atoms with van der Waals surface area (Å²) in [5.41, 5.74) is 1.03. The van der Waals surface area contributed by atoms with E-state index < -0.39 is 9.84 Å². The number of rotatable bonds is 7. The minimum absolute atomic E-state index is 0.0268. The summed E-state index contributed by atoms with van der Waals surface area (Å²) in [6, 6.07) is 9.36. The van der Waals surface area contributed by atoms with Crippen molar-refractivity contribution in [2.45, 2.75) is 19.5 Å². The Bertz CT molecular complexity index is 500. The van der Waals surface area contributed by atoms with E-state index in [1.54, 1.807) is 6.92 Å². The highest BCUT2D eigenvalue weighted by molar-refractivity contribution is 7.90. The molecule has 0 aliphatic rings. The van der Waals surface area contributed by atoms with Gasteiger partial charge in [0.05, 0.1) is 12.3 Å². The molecule has 0 aliphatic heterocycles. The summed E-state index contributed by atoms with van der Waals surface area (Å²) < 4.78 is 22.1. The van der Waals surface area contributed by atoms with Gasteiger partial charge in [0.25, 0.3) is 0 Å². The first-order valence-electron chi connectivity index (χ1n) is 6.08. The topological polar surface area (TPSA) is 75.3 Å². The largest absolute Gasteiger partial charge is 0.351 e. The van der Waals surface area contributed by atoms with Crippen molar-refractivity contribution in [2.75, 3.05) is 18.6 Å². The number of sulfone groups is 1. The van der Waals surface area contributed by atoms with Gasteiger partial charge in [-0.3, -0.25) is 4.79 Å². The van der Waals surface area contributed by atoms with Gasteiger partial charge in [0.1, 0.15) is 9.84 Å². The summed E-state index contributed by atoms with van der Waals surface area (Å²) >= 11 is 0. The predicted octanol–water partition coefficient (Wildman–Crippen LogP) is 0.326. The molecule has 0 heterocycles. The summed E-state index contributed by atoms with van der Waals surface area (Å²) in [5.74, 6) is -0.122. The maximum Gasteiger partial charge on any atom is 0.234 e. The van der Waals surface area contributed by atoms with Crippen molar-refractivity contribution < 1.29 is 13.2 Å². The fourth-order valence-electron chi connectivity index (χ4n) is 1.64. The zero-order valence-corrected chi connectivity index (χ0v) is 12.0. The molecule has 1 amide bonds. The lowest BCUT2D eigenvalue weighted by atomic mass is 10.2. The molecule has 0 saturated carbocycles. The molecule has 0 saturated heterocycles. The fraction of sp³-hybridized carbons (Fsp3) is 0.462. The molecule has 0 fully saturated rings. The highest BCUT2D eigenvalue weighted by Gasteiger charge is 2.11. The molecular weight excluding hydrogens is 264 g/mol. The Labute approximate surface area is 114 Å². The van der Waals surface area contributed by atoms with Crippen LogP contribution in [-0.2, 0) is 21.2 Å². The lowest BCUT2D eigenvalue weighted by molar-refractivity contribution is -0.120. The van der Waals surface area contributed by atoms with Crippen LogP contribution < -0.4 is 10.6 Å². The average Bonchev–Trinajstić information content (AvgIpc) is 2.33. The van der Waals surface area contributed by atoms with Gasteiger partial charge >= 0.3 is 0 Å². The lowest BCUT2D eigenvalue weighted by Gasteiger charge is -2.12. The molecule has 1 aromatic carbocycles. The Morgan fingerprint density at radius 3 is 2.47 bits per heavy atom. The van der Waals surface area contributed by atoms with Gasteiger partial charge in [-0.1, -0.05) is 30.3 Å². The van der Waals surface area contributed by atoms with Gasteiger partial charge in [-0.15, -0.1) is 0 Å². The van der Waals surface area contributed by atoms with E-state index in [9.17, 15) is 13.2 Å². The number of nitrogens with one attached hydrogen (secondary N) is 2. The third-order valence-corrected chi connectivity index (χ3v) is 3.60. The molecular formula is C13H20N2O3S. The molecule has 106 valence electrons. The van der Waals surface area contributed by atoms with E-state index in [0.717, 1.165) is 5.56 Å². The van der Waals surface area contributed by atoms with Gasteiger partial charge in [-0.05, 0) is 12.5 Å². The summed E-state index contributed by atoms with van der Waals surface area (Å²) in [6.07, 6.45) is 1.18. The van der Waals surface area contributed by atoms with Crippen molar-refractivity contribution in [1.29, 1.82) is 0 Å². The van der Waals surface area contributed by atoms with Crippen LogP contribution in [0.5, 0.6) is 0 Å². The minimum Gasteiger partial charge on any atom is -0.351 e. The van der Waals surface area contributed by atoms with Gasteiger partial charge < -0.3 is 10.6 Å². The van der Waals surface area contributed by atoms with Crippen molar-refractivity contribution in [3.8, 4) is 0 Å². The summed E-state index contributed by atoms with van der Waals surface area (Å²) in [4.78, 5) is 11.6. The van der Waals surface area contributed by atoms with E-state index in [1.807, 2.05) is 30.3 Å². The lowest BCUT2D eigenvalue weighted by Crippen LogP contribution is -2.40. The zero-order valence-electron chi connectivity index (χ0n) is 11.2. The summed E-state index contributed by atoms with van der Waals surface area (Å²) in [7, 11) is -3.02.